The molecule has 2 amide bonds. The fourth-order valence-electron chi connectivity index (χ4n) is 4.67. The Kier molecular flexibility index (Phi) is 5.42. The Hall–Kier alpha value is -1.82. The van der Waals surface area contributed by atoms with Crippen LogP contribution in [0.2, 0.25) is 0 Å². The molecule has 1 spiro atoms. The van der Waals surface area contributed by atoms with Gasteiger partial charge in [-0.3, -0.25) is 9.59 Å². The molecule has 0 saturated carbocycles. The van der Waals surface area contributed by atoms with Crippen LogP contribution in [0, 0.1) is 19.3 Å². The molecule has 2 aliphatic rings. The minimum Gasteiger partial charge on any atom is -0.383 e. The number of carbonyl (C=O) groups excluding carboxylic acids is 2. The molecule has 1 aromatic rings. The van der Waals surface area contributed by atoms with Gasteiger partial charge in [0.25, 0.3) is 5.91 Å². The fourth-order valence-corrected chi connectivity index (χ4v) is 4.67. The molecular formula is C20H31N3O3. The Morgan fingerprint density at radius 1 is 1.27 bits per heavy atom. The summed E-state index contributed by atoms with van der Waals surface area (Å²) < 4.78 is 7.30. The number of carbonyl (C=O) groups is 2. The summed E-state index contributed by atoms with van der Waals surface area (Å²) in [5.74, 6) is 0.270. The van der Waals surface area contributed by atoms with E-state index >= 15 is 0 Å². The molecule has 2 saturated heterocycles. The summed E-state index contributed by atoms with van der Waals surface area (Å²) in [4.78, 5) is 30.0. The van der Waals surface area contributed by atoms with Gasteiger partial charge in [-0.25, -0.2) is 0 Å². The zero-order valence-corrected chi connectivity index (χ0v) is 16.5. The minimum atomic E-state index is -0.391. The highest BCUT2D eigenvalue weighted by Crippen LogP contribution is 2.40. The zero-order valence-electron chi connectivity index (χ0n) is 16.5. The van der Waals surface area contributed by atoms with E-state index in [1.165, 1.54) is 0 Å². The van der Waals surface area contributed by atoms with E-state index in [0.29, 0.717) is 26.2 Å². The molecule has 3 rings (SSSR count). The van der Waals surface area contributed by atoms with Gasteiger partial charge in [0.15, 0.2) is 0 Å². The lowest BCUT2D eigenvalue weighted by atomic mass is 9.78. The maximum absolute atomic E-state index is 13.1. The first kappa shape index (κ1) is 19.0. The molecule has 6 nitrogen and oxygen atoms in total. The van der Waals surface area contributed by atoms with Crippen LogP contribution in [0.15, 0.2) is 6.07 Å². The maximum Gasteiger partial charge on any atom is 0.255 e. The van der Waals surface area contributed by atoms with Crippen LogP contribution < -0.4 is 0 Å². The number of aryl methyl sites for hydroxylation is 1. The van der Waals surface area contributed by atoms with Gasteiger partial charge in [-0.05, 0) is 46.1 Å². The molecule has 0 unspecified atom stereocenters. The smallest absolute Gasteiger partial charge is 0.255 e. The van der Waals surface area contributed by atoms with Crippen LogP contribution in [-0.4, -0.2) is 66.1 Å². The van der Waals surface area contributed by atoms with Crippen molar-refractivity contribution < 1.29 is 14.3 Å². The number of rotatable bonds is 5. The second kappa shape index (κ2) is 7.43. The SMILES string of the molecule is CCn1c(C)cc(C(=O)N2CC[C@@]3(CCCN(CCOC)C3=O)C2)c1C. The Labute approximate surface area is 156 Å². The van der Waals surface area contributed by atoms with Crippen molar-refractivity contribution in [3.8, 4) is 0 Å². The first-order valence-electron chi connectivity index (χ1n) is 9.68. The van der Waals surface area contributed by atoms with E-state index in [4.69, 9.17) is 4.74 Å². The standard InChI is InChI=1S/C20H31N3O3/c1-5-23-15(2)13-17(16(23)3)18(24)22-10-8-20(14-22)7-6-9-21(19(20)25)11-12-26-4/h13H,5-12,14H2,1-4H3/t20-/m0/s1. The quantitative estimate of drug-likeness (QED) is 0.808. The van der Waals surface area contributed by atoms with Gasteiger partial charge in [-0.2, -0.15) is 0 Å². The molecule has 2 fully saturated rings. The van der Waals surface area contributed by atoms with Gasteiger partial charge < -0.3 is 19.1 Å². The van der Waals surface area contributed by atoms with Gasteiger partial charge in [-0.15, -0.1) is 0 Å². The summed E-state index contributed by atoms with van der Waals surface area (Å²) in [6.07, 6.45) is 2.66. The minimum absolute atomic E-state index is 0.0662. The summed E-state index contributed by atoms with van der Waals surface area (Å²) >= 11 is 0. The molecule has 0 radical (unpaired) electrons. The Morgan fingerprint density at radius 2 is 2.04 bits per heavy atom. The normalized spacial score (nSPS) is 23.3. The van der Waals surface area contributed by atoms with Gasteiger partial charge in [0, 0.05) is 51.2 Å². The van der Waals surface area contributed by atoms with Crippen LogP contribution in [0.4, 0.5) is 0 Å². The summed E-state index contributed by atoms with van der Waals surface area (Å²) in [5, 5.41) is 0. The van der Waals surface area contributed by atoms with Gasteiger partial charge in [0.2, 0.25) is 5.91 Å². The van der Waals surface area contributed by atoms with Crippen molar-refractivity contribution in [2.24, 2.45) is 5.41 Å². The molecule has 0 aromatic carbocycles. The number of methoxy groups -OCH3 is 1. The average Bonchev–Trinajstić information content (AvgIpc) is 3.18. The number of likely N-dealkylation sites (tertiary alicyclic amines) is 2. The first-order chi connectivity index (χ1) is 12.4. The first-order valence-corrected chi connectivity index (χ1v) is 9.68. The van der Waals surface area contributed by atoms with Crippen LogP contribution in [0.5, 0.6) is 0 Å². The third-order valence-electron chi connectivity index (χ3n) is 6.15. The highest BCUT2D eigenvalue weighted by molar-refractivity contribution is 5.97. The van der Waals surface area contributed by atoms with Crippen molar-refractivity contribution in [1.29, 1.82) is 0 Å². The highest BCUT2D eigenvalue weighted by atomic mass is 16.5. The fraction of sp³-hybridized carbons (Fsp3) is 0.700. The summed E-state index contributed by atoms with van der Waals surface area (Å²) in [7, 11) is 1.66. The van der Waals surface area contributed by atoms with Crippen molar-refractivity contribution in [2.45, 2.75) is 46.6 Å². The molecule has 3 heterocycles. The van der Waals surface area contributed by atoms with Crippen LogP contribution >= 0.6 is 0 Å². The second-order valence-electron chi connectivity index (χ2n) is 7.67. The Balaban J connectivity index is 1.75. The number of piperidine rings is 1. The molecule has 0 bridgehead atoms. The van der Waals surface area contributed by atoms with E-state index < -0.39 is 5.41 Å². The van der Waals surface area contributed by atoms with Crippen molar-refractivity contribution in [2.75, 3.05) is 39.9 Å². The monoisotopic (exact) mass is 361 g/mol. The van der Waals surface area contributed by atoms with E-state index in [0.717, 1.165) is 49.3 Å². The molecule has 26 heavy (non-hydrogen) atoms. The average molecular weight is 361 g/mol. The maximum atomic E-state index is 13.1. The topological polar surface area (TPSA) is 54.8 Å². The summed E-state index contributed by atoms with van der Waals surface area (Å²) in [6.45, 7) is 10.2. The molecule has 1 aromatic heterocycles. The van der Waals surface area contributed by atoms with Crippen molar-refractivity contribution in [3.63, 3.8) is 0 Å². The summed E-state index contributed by atoms with van der Waals surface area (Å²) in [6, 6.07) is 1.99. The highest BCUT2D eigenvalue weighted by Gasteiger charge is 2.49. The van der Waals surface area contributed by atoms with Crippen LogP contribution in [0.25, 0.3) is 0 Å². The van der Waals surface area contributed by atoms with Crippen molar-refractivity contribution in [1.82, 2.24) is 14.4 Å². The number of hydrogen-bond donors (Lipinski definition) is 0. The Bertz CT molecular complexity index is 697. The molecule has 6 heteroatoms. The van der Waals surface area contributed by atoms with Gasteiger partial charge in [0.05, 0.1) is 17.6 Å². The second-order valence-corrected chi connectivity index (χ2v) is 7.67. The van der Waals surface area contributed by atoms with E-state index in [-0.39, 0.29) is 11.8 Å². The van der Waals surface area contributed by atoms with Crippen LogP contribution in [0.1, 0.15) is 47.9 Å². The number of nitrogens with zero attached hydrogens (tertiary/aromatic N) is 3. The predicted octanol–water partition coefficient (Wildman–Crippen LogP) is 2.23. The van der Waals surface area contributed by atoms with Crippen LogP contribution in [-0.2, 0) is 16.1 Å². The van der Waals surface area contributed by atoms with E-state index in [2.05, 4.69) is 11.5 Å². The predicted molar refractivity (Wildman–Crippen MR) is 100 cm³/mol. The summed E-state index contributed by atoms with van der Waals surface area (Å²) in [5.41, 5.74) is 2.52. The van der Waals surface area contributed by atoms with E-state index in [1.54, 1.807) is 7.11 Å². The lowest BCUT2D eigenvalue weighted by Gasteiger charge is -2.39. The molecule has 2 aliphatic heterocycles. The number of amides is 2. The van der Waals surface area contributed by atoms with Crippen molar-refractivity contribution >= 4 is 11.8 Å². The molecule has 1 atom stereocenters. The third kappa shape index (κ3) is 3.15. The third-order valence-corrected chi connectivity index (χ3v) is 6.15. The van der Waals surface area contributed by atoms with Gasteiger partial charge >= 0.3 is 0 Å². The molecule has 144 valence electrons. The number of hydrogen-bond acceptors (Lipinski definition) is 3. The van der Waals surface area contributed by atoms with Gasteiger partial charge in [0.1, 0.15) is 0 Å². The molecule has 0 aliphatic carbocycles. The molecule has 0 N–H and O–H groups in total. The lowest BCUT2D eigenvalue weighted by Crippen LogP contribution is -2.51. The van der Waals surface area contributed by atoms with E-state index in [9.17, 15) is 9.59 Å². The lowest BCUT2D eigenvalue weighted by molar-refractivity contribution is -0.146. The van der Waals surface area contributed by atoms with Crippen LogP contribution in [0.3, 0.4) is 0 Å². The number of ether oxygens (including phenoxy) is 1. The Morgan fingerprint density at radius 3 is 2.69 bits per heavy atom. The van der Waals surface area contributed by atoms with E-state index in [1.807, 2.05) is 29.7 Å². The number of aromatic nitrogens is 1. The largest absolute Gasteiger partial charge is 0.383 e. The van der Waals surface area contributed by atoms with Gasteiger partial charge in [-0.1, -0.05) is 0 Å². The molecular weight excluding hydrogens is 330 g/mol. The van der Waals surface area contributed by atoms with Crippen molar-refractivity contribution in [3.05, 3.63) is 23.0 Å². The zero-order chi connectivity index (χ0) is 18.9.